The molecule has 1 saturated carbocycles. The van der Waals surface area contributed by atoms with Crippen LogP contribution < -0.4 is 10.6 Å². The van der Waals surface area contributed by atoms with Gasteiger partial charge in [0.1, 0.15) is 0 Å². The van der Waals surface area contributed by atoms with Gasteiger partial charge in [0.15, 0.2) is 0 Å². The zero-order valence-electron chi connectivity index (χ0n) is 12.1. The summed E-state index contributed by atoms with van der Waals surface area (Å²) in [5.41, 5.74) is 0.414. The highest BCUT2D eigenvalue weighted by Gasteiger charge is 2.33. The van der Waals surface area contributed by atoms with Crippen molar-refractivity contribution in [1.29, 1.82) is 0 Å². The first kappa shape index (κ1) is 13.9. The average Bonchev–Trinajstić information content (AvgIpc) is 2.66. The monoisotopic (exact) mass is 252 g/mol. The van der Waals surface area contributed by atoms with E-state index in [2.05, 4.69) is 31.4 Å². The van der Waals surface area contributed by atoms with Gasteiger partial charge in [-0.05, 0) is 49.5 Å². The first-order valence-electron chi connectivity index (χ1n) is 7.45. The fourth-order valence-electron chi connectivity index (χ4n) is 4.03. The molecule has 2 N–H and O–H groups in total. The summed E-state index contributed by atoms with van der Waals surface area (Å²) in [7, 11) is 0. The molecule has 1 heterocycles. The molecule has 2 aliphatic rings. The minimum atomic E-state index is 0.263. The molecule has 0 bridgehead atoms. The van der Waals surface area contributed by atoms with Gasteiger partial charge in [0.05, 0.1) is 0 Å². The molecule has 1 aliphatic carbocycles. The Balaban J connectivity index is 1.79. The molecular formula is C15H28N2O. The number of carbonyl (C=O) groups is 1. The van der Waals surface area contributed by atoms with Gasteiger partial charge in [-0.25, -0.2) is 0 Å². The van der Waals surface area contributed by atoms with Crippen LogP contribution in [0.4, 0.5) is 0 Å². The van der Waals surface area contributed by atoms with Crippen LogP contribution in [0.2, 0.25) is 0 Å². The van der Waals surface area contributed by atoms with E-state index in [1.54, 1.807) is 0 Å². The molecule has 0 spiro atoms. The van der Waals surface area contributed by atoms with Crippen LogP contribution in [-0.2, 0) is 4.79 Å². The molecule has 0 aromatic heterocycles. The van der Waals surface area contributed by atoms with E-state index in [0.29, 0.717) is 17.4 Å². The molecule has 3 unspecified atom stereocenters. The first-order chi connectivity index (χ1) is 8.44. The van der Waals surface area contributed by atoms with Crippen LogP contribution in [0.1, 0.15) is 52.9 Å². The van der Waals surface area contributed by atoms with Crippen molar-refractivity contribution in [2.45, 2.75) is 58.9 Å². The molecule has 3 atom stereocenters. The maximum atomic E-state index is 12.0. The fraction of sp³-hybridized carbons (Fsp3) is 0.933. The number of rotatable bonds is 3. The summed E-state index contributed by atoms with van der Waals surface area (Å²) >= 11 is 0. The molecule has 0 aromatic carbocycles. The Morgan fingerprint density at radius 3 is 2.78 bits per heavy atom. The molecule has 2 fully saturated rings. The summed E-state index contributed by atoms with van der Waals surface area (Å²) in [5.74, 6) is 1.61. The Hall–Kier alpha value is -0.570. The average molecular weight is 252 g/mol. The Bertz CT molecular complexity index is 295. The summed E-state index contributed by atoms with van der Waals surface area (Å²) in [6, 6.07) is 0.367. The van der Waals surface area contributed by atoms with Crippen molar-refractivity contribution < 1.29 is 4.79 Å². The van der Waals surface area contributed by atoms with Crippen molar-refractivity contribution in [3.63, 3.8) is 0 Å². The Morgan fingerprint density at radius 1 is 1.39 bits per heavy atom. The lowest BCUT2D eigenvalue weighted by molar-refractivity contribution is -0.123. The first-order valence-corrected chi connectivity index (χ1v) is 7.45. The van der Waals surface area contributed by atoms with Crippen LogP contribution in [0.3, 0.4) is 0 Å². The predicted molar refractivity (Wildman–Crippen MR) is 74.3 cm³/mol. The quantitative estimate of drug-likeness (QED) is 0.809. The van der Waals surface area contributed by atoms with Crippen LogP contribution in [-0.4, -0.2) is 25.0 Å². The van der Waals surface area contributed by atoms with Crippen molar-refractivity contribution in [3.8, 4) is 0 Å². The SMILES string of the molecule is CC1CC(CC(=O)NC2CCNC2)CC(C)(C)C1. The zero-order chi connectivity index (χ0) is 13.2. The van der Waals surface area contributed by atoms with Gasteiger partial charge in [-0.3, -0.25) is 4.79 Å². The van der Waals surface area contributed by atoms with E-state index in [9.17, 15) is 4.79 Å². The normalized spacial score (nSPS) is 35.4. The highest BCUT2D eigenvalue weighted by atomic mass is 16.1. The molecule has 104 valence electrons. The number of nitrogens with one attached hydrogen (secondary N) is 2. The van der Waals surface area contributed by atoms with Crippen LogP contribution >= 0.6 is 0 Å². The van der Waals surface area contributed by atoms with Crippen molar-refractivity contribution in [2.24, 2.45) is 17.3 Å². The summed E-state index contributed by atoms with van der Waals surface area (Å²) in [6.45, 7) is 8.99. The van der Waals surface area contributed by atoms with Crippen LogP contribution in [0.5, 0.6) is 0 Å². The molecule has 3 nitrogen and oxygen atoms in total. The standard InChI is InChI=1S/C15H28N2O/c1-11-6-12(9-15(2,3)8-11)7-14(18)17-13-4-5-16-10-13/h11-13,16H,4-10H2,1-3H3,(H,17,18). The second-order valence-electron chi connectivity index (χ2n) is 7.24. The number of hydrogen-bond acceptors (Lipinski definition) is 2. The van der Waals surface area contributed by atoms with Gasteiger partial charge in [-0.15, -0.1) is 0 Å². The lowest BCUT2D eigenvalue weighted by Gasteiger charge is -2.38. The Labute approximate surface area is 111 Å². The van der Waals surface area contributed by atoms with E-state index >= 15 is 0 Å². The summed E-state index contributed by atoms with van der Waals surface area (Å²) in [5, 5.41) is 6.45. The lowest BCUT2D eigenvalue weighted by atomic mass is 9.67. The van der Waals surface area contributed by atoms with Gasteiger partial charge in [-0.2, -0.15) is 0 Å². The molecule has 1 aliphatic heterocycles. The van der Waals surface area contributed by atoms with E-state index in [0.717, 1.165) is 31.8 Å². The number of amides is 1. The van der Waals surface area contributed by atoms with Crippen LogP contribution in [0.15, 0.2) is 0 Å². The minimum Gasteiger partial charge on any atom is -0.352 e. The second-order valence-corrected chi connectivity index (χ2v) is 7.24. The third-order valence-electron chi connectivity index (χ3n) is 4.38. The van der Waals surface area contributed by atoms with E-state index in [4.69, 9.17) is 0 Å². The molecule has 2 rings (SSSR count). The van der Waals surface area contributed by atoms with E-state index < -0.39 is 0 Å². The Morgan fingerprint density at radius 2 is 2.17 bits per heavy atom. The highest BCUT2D eigenvalue weighted by molar-refractivity contribution is 5.76. The third-order valence-corrected chi connectivity index (χ3v) is 4.38. The smallest absolute Gasteiger partial charge is 0.220 e. The van der Waals surface area contributed by atoms with Crippen molar-refractivity contribution in [2.75, 3.05) is 13.1 Å². The second kappa shape index (κ2) is 5.60. The van der Waals surface area contributed by atoms with Gasteiger partial charge in [-0.1, -0.05) is 20.8 Å². The van der Waals surface area contributed by atoms with Crippen molar-refractivity contribution in [3.05, 3.63) is 0 Å². The van der Waals surface area contributed by atoms with Gasteiger partial charge < -0.3 is 10.6 Å². The van der Waals surface area contributed by atoms with Gasteiger partial charge in [0.2, 0.25) is 5.91 Å². The van der Waals surface area contributed by atoms with E-state index in [1.165, 1.54) is 19.3 Å². The number of carbonyl (C=O) groups excluding carboxylic acids is 1. The summed E-state index contributed by atoms with van der Waals surface area (Å²) < 4.78 is 0. The molecule has 1 amide bonds. The van der Waals surface area contributed by atoms with E-state index in [1.807, 2.05) is 0 Å². The van der Waals surface area contributed by atoms with Gasteiger partial charge in [0.25, 0.3) is 0 Å². The maximum Gasteiger partial charge on any atom is 0.220 e. The summed E-state index contributed by atoms with van der Waals surface area (Å²) in [4.78, 5) is 12.0. The fourth-order valence-corrected chi connectivity index (χ4v) is 4.03. The lowest BCUT2D eigenvalue weighted by Crippen LogP contribution is -2.38. The largest absolute Gasteiger partial charge is 0.352 e. The number of hydrogen-bond donors (Lipinski definition) is 2. The molecule has 18 heavy (non-hydrogen) atoms. The third kappa shape index (κ3) is 3.98. The van der Waals surface area contributed by atoms with Gasteiger partial charge >= 0.3 is 0 Å². The van der Waals surface area contributed by atoms with Crippen LogP contribution in [0, 0.1) is 17.3 Å². The van der Waals surface area contributed by atoms with Crippen LogP contribution in [0.25, 0.3) is 0 Å². The minimum absolute atomic E-state index is 0.263. The molecule has 3 heteroatoms. The molecule has 0 aromatic rings. The topological polar surface area (TPSA) is 41.1 Å². The van der Waals surface area contributed by atoms with Gasteiger partial charge in [0, 0.05) is 19.0 Å². The van der Waals surface area contributed by atoms with Crippen molar-refractivity contribution >= 4 is 5.91 Å². The molecule has 1 saturated heterocycles. The Kier molecular flexibility index (Phi) is 4.31. The molecular weight excluding hydrogens is 224 g/mol. The van der Waals surface area contributed by atoms with Crippen molar-refractivity contribution in [1.82, 2.24) is 10.6 Å². The predicted octanol–water partition coefficient (Wildman–Crippen LogP) is 2.32. The summed E-state index contributed by atoms with van der Waals surface area (Å²) in [6.07, 6.45) is 5.54. The highest BCUT2D eigenvalue weighted by Crippen LogP contribution is 2.42. The van der Waals surface area contributed by atoms with E-state index in [-0.39, 0.29) is 5.91 Å². The maximum absolute atomic E-state index is 12.0. The zero-order valence-corrected chi connectivity index (χ0v) is 12.1. The molecule has 0 radical (unpaired) electrons.